The average Bonchev–Trinajstić information content (AvgIpc) is 2.72. The highest BCUT2D eigenvalue weighted by atomic mass is 32.1. The summed E-state index contributed by atoms with van der Waals surface area (Å²) in [7, 11) is 2.10. The Kier molecular flexibility index (Phi) is 4.44. The number of nitrogens with one attached hydrogen (secondary N) is 1. The summed E-state index contributed by atoms with van der Waals surface area (Å²) in [6, 6.07) is 0. The highest BCUT2D eigenvalue weighted by Crippen LogP contribution is 2.42. The van der Waals surface area contributed by atoms with Gasteiger partial charge in [0, 0.05) is 4.88 Å². The summed E-state index contributed by atoms with van der Waals surface area (Å²) in [4.78, 5) is 6.17. The van der Waals surface area contributed by atoms with Gasteiger partial charge in [-0.1, -0.05) is 19.8 Å². The molecular weight excluding hydrogens is 240 g/mol. The standard InChI is InChI=1S/C15H26N2S/c1-5-6-13-7-9-15(16-4,10-8-13)14-17-11(2)12(3)18-14/h13,16H,5-10H2,1-4H3. The fourth-order valence-electron chi connectivity index (χ4n) is 3.12. The minimum atomic E-state index is 0.161. The zero-order valence-corrected chi connectivity index (χ0v) is 13.0. The second-order valence-electron chi connectivity index (χ2n) is 5.72. The molecule has 0 radical (unpaired) electrons. The number of hydrogen-bond donors (Lipinski definition) is 1. The van der Waals surface area contributed by atoms with Gasteiger partial charge in [0.05, 0.1) is 11.2 Å². The van der Waals surface area contributed by atoms with Gasteiger partial charge in [-0.2, -0.15) is 0 Å². The third-order valence-corrected chi connectivity index (χ3v) is 5.85. The summed E-state index contributed by atoms with van der Waals surface area (Å²) in [5.41, 5.74) is 1.37. The van der Waals surface area contributed by atoms with Crippen LogP contribution in [-0.4, -0.2) is 12.0 Å². The minimum Gasteiger partial charge on any atom is -0.308 e. The van der Waals surface area contributed by atoms with Crippen molar-refractivity contribution in [2.75, 3.05) is 7.05 Å². The summed E-state index contributed by atoms with van der Waals surface area (Å²) < 4.78 is 0. The van der Waals surface area contributed by atoms with Crippen molar-refractivity contribution in [3.8, 4) is 0 Å². The Balaban J connectivity index is 2.13. The molecule has 0 atom stereocenters. The van der Waals surface area contributed by atoms with Gasteiger partial charge in [0.1, 0.15) is 5.01 Å². The van der Waals surface area contributed by atoms with Crippen LogP contribution < -0.4 is 5.32 Å². The molecule has 18 heavy (non-hydrogen) atoms. The molecule has 1 fully saturated rings. The number of thiazole rings is 1. The molecule has 2 rings (SSSR count). The second kappa shape index (κ2) is 5.70. The van der Waals surface area contributed by atoms with E-state index in [0.717, 1.165) is 5.92 Å². The molecule has 0 amide bonds. The van der Waals surface area contributed by atoms with Gasteiger partial charge >= 0.3 is 0 Å². The van der Waals surface area contributed by atoms with E-state index in [1.807, 2.05) is 11.3 Å². The van der Waals surface area contributed by atoms with Gasteiger partial charge < -0.3 is 5.32 Å². The van der Waals surface area contributed by atoms with Crippen LogP contribution in [0.4, 0.5) is 0 Å². The Bertz CT molecular complexity index is 370. The number of hydrogen-bond acceptors (Lipinski definition) is 3. The molecule has 0 aliphatic heterocycles. The molecular formula is C15H26N2S. The number of aryl methyl sites for hydroxylation is 2. The Hall–Kier alpha value is -0.410. The molecule has 1 aromatic rings. The van der Waals surface area contributed by atoms with Crippen LogP contribution in [0.2, 0.25) is 0 Å². The van der Waals surface area contributed by atoms with Gasteiger partial charge in [-0.25, -0.2) is 4.98 Å². The van der Waals surface area contributed by atoms with Crippen molar-refractivity contribution in [1.82, 2.24) is 10.3 Å². The number of rotatable bonds is 4. The van der Waals surface area contributed by atoms with Gasteiger partial charge in [0.15, 0.2) is 0 Å². The van der Waals surface area contributed by atoms with Crippen molar-refractivity contribution < 1.29 is 0 Å². The summed E-state index contributed by atoms with van der Waals surface area (Å²) in [6.07, 6.45) is 7.93. The van der Waals surface area contributed by atoms with Crippen LogP contribution in [0.25, 0.3) is 0 Å². The fraction of sp³-hybridized carbons (Fsp3) is 0.800. The average molecular weight is 266 g/mol. The van der Waals surface area contributed by atoms with E-state index in [2.05, 4.69) is 33.1 Å². The third-order valence-electron chi connectivity index (χ3n) is 4.57. The summed E-state index contributed by atoms with van der Waals surface area (Å²) in [5, 5.41) is 4.90. The topological polar surface area (TPSA) is 24.9 Å². The van der Waals surface area contributed by atoms with Gasteiger partial charge in [0.25, 0.3) is 0 Å². The SMILES string of the molecule is CCCC1CCC(NC)(c2nc(C)c(C)s2)CC1. The van der Waals surface area contributed by atoms with E-state index in [9.17, 15) is 0 Å². The van der Waals surface area contributed by atoms with Gasteiger partial charge in [0.2, 0.25) is 0 Å². The minimum absolute atomic E-state index is 0.161. The van der Waals surface area contributed by atoms with E-state index < -0.39 is 0 Å². The van der Waals surface area contributed by atoms with E-state index in [4.69, 9.17) is 4.98 Å². The molecule has 1 aliphatic rings. The van der Waals surface area contributed by atoms with Gasteiger partial charge in [-0.05, 0) is 52.5 Å². The zero-order chi connectivity index (χ0) is 13.2. The van der Waals surface area contributed by atoms with E-state index in [1.165, 1.54) is 54.1 Å². The summed E-state index contributed by atoms with van der Waals surface area (Å²) in [5.74, 6) is 0.943. The smallest absolute Gasteiger partial charge is 0.113 e. The van der Waals surface area contributed by atoms with Crippen molar-refractivity contribution in [3.05, 3.63) is 15.6 Å². The van der Waals surface area contributed by atoms with Crippen LogP contribution >= 0.6 is 11.3 Å². The van der Waals surface area contributed by atoms with Crippen LogP contribution in [0.5, 0.6) is 0 Å². The van der Waals surface area contributed by atoms with Crippen LogP contribution in [0.3, 0.4) is 0 Å². The maximum Gasteiger partial charge on any atom is 0.113 e. The van der Waals surface area contributed by atoms with E-state index >= 15 is 0 Å². The molecule has 0 aromatic carbocycles. The molecule has 0 saturated heterocycles. The molecule has 3 heteroatoms. The summed E-state index contributed by atoms with van der Waals surface area (Å²) >= 11 is 1.89. The van der Waals surface area contributed by atoms with E-state index in [-0.39, 0.29) is 5.54 Å². The second-order valence-corrected chi connectivity index (χ2v) is 6.93. The highest BCUT2D eigenvalue weighted by molar-refractivity contribution is 7.11. The monoisotopic (exact) mass is 266 g/mol. The molecule has 1 aliphatic carbocycles. The first kappa shape index (κ1) is 14.0. The van der Waals surface area contributed by atoms with Crippen molar-refractivity contribution >= 4 is 11.3 Å². The zero-order valence-electron chi connectivity index (χ0n) is 12.2. The molecule has 1 aromatic heterocycles. The first-order chi connectivity index (χ1) is 8.61. The highest BCUT2D eigenvalue weighted by Gasteiger charge is 2.37. The molecule has 1 N–H and O–H groups in total. The van der Waals surface area contributed by atoms with Crippen LogP contribution in [0, 0.1) is 19.8 Å². The lowest BCUT2D eigenvalue weighted by Crippen LogP contribution is -2.43. The van der Waals surface area contributed by atoms with Gasteiger partial charge in [-0.3, -0.25) is 0 Å². The molecule has 0 unspecified atom stereocenters. The lowest BCUT2D eigenvalue weighted by Gasteiger charge is -2.38. The van der Waals surface area contributed by atoms with E-state index in [1.54, 1.807) is 0 Å². The van der Waals surface area contributed by atoms with Crippen LogP contribution in [0.15, 0.2) is 0 Å². The maximum atomic E-state index is 4.80. The molecule has 0 spiro atoms. The molecule has 1 saturated carbocycles. The first-order valence-electron chi connectivity index (χ1n) is 7.24. The predicted molar refractivity (Wildman–Crippen MR) is 79.2 cm³/mol. The quantitative estimate of drug-likeness (QED) is 0.885. The van der Waals surface area contributed by atoms with Crippen molar-refractivity contribution in [3.63, 3.8) is 0 Å². The lowest BCUT2D eigenvalue weighted by atomic mass is 9.75. The third kappa shape index (κ3) is 2.62. The Morgan fingerprint density at radius 1 is 1.33 bits per heavy atom. The Labute approximate surface area is 115 Å². The molecule has 1 heterocycles. The largest absolute Gasteiger partial charge is 0.308 e. The summed E-state index contributed by atoms with van der Waals surface area (Å²) in [6.45, 7) is 6.61. The predicted octanol–water partition coefficient (Wildman–Crippen LogP) is 4.16. The number of nitrogens with zero attached hydrogens (tertiary/aromatic N) is 1. The van der Waals surface area contributed by atoms with Crippen molar-refractivity contribution in [1.29, 1.82) is 0 Å². The molecule has 102 valence electrons. The van der Waals surface area contributed by atoms with Gasteiger partial charge in [-0.15, -0.1) is 11.3 Å². The maximum absolute atomic E-state index is 4.80. The van der Waals surface area contributed by atoms with Crippen LogP contribution in [-0.2, 0) is 5.54 Å². The van der Waals surface area contributed by atoms with Crippen molar-refractivity contribution in [2.24, 2.45) is 5.92 Å². The lowest BCUT2D eigenvalue weighted by molar-refractivity contribution is 0.192. The normalized spacial score (nSPS) is 28.6. The molecule has 2 nitrogen and oxygen atoms in total. The van der Waals surface area contributed by atoms with Crippen molar-refractivity contribution in [2.45, 2.75) is 64.8 Å². The first-order valence-corrected chi connectivity index (χ1v) is 8.06. The Morgan fingerprint density at radius 2 is 2.00 bits per heavy atom. The molecule has 0 bridgehead atoms. The number of aromatic nitrogens is 1. The van der Waals surface area contributed by atoms with Crippen LogP contribution in [0.1, 0.15) is 61.0 Å². The Morgan fingerprint density at radius 3 is 2.44 bits per heavy atom. The fourth-order valence-corrected chi connectivity index (χ4v) is 4.28. The van der Waals surface area contributed by atoms with E-state index in [0.29, 0.717) is 0 Å².